The van der Waals surface area contributed by atoms with Crippen LogP contribution in [0.1, 0.15) is 45.2 Å². The van der Waals surface area contributed by atoms with Gasteiger partial charge in [-0.15, -0.1) is 0 Å². The zero-order valence-electron chi connectivity index (χ0n) is 11.2. The molecule has 1 saturated carbocycles. The molecule has 1 atom stereocenters. The molecule has 0 spiro atoms. The van der Waals surface area contributed by atoms with Crippen LogP contribution in [0.3, 0.4) is 0 Å². The van der Waals surface area contributed by atoms with Crippen molar-refractivity contribution in [3.05, 3.63) is 29.8 Å². The fourth-order valence-corrected chi connectivity index (χ4v) is 2.30. The first-order valence-electron chi connectivity index (χ1n) is 6.70. The Morgan fingerprint density at radius 2 is 1.88 bits per heavy atom. The number of para-hydroxylation sites is 1. The molecule has 1 fully saturated rings. The Labute approximate surface area is 105 Å². The van der Waals surface area contributed by atoms with E-state index in [9.17, 15) is 0 Å². The molecule has 0 bridgehead atoms. The highest BCUT2D eigenvalue weighted by Crippen LogP contribution is 2.34. The lowest BCUT2D eigenvalue weighted by molar-refractivity contribution is 0.637. The number of benzene rings is 1. The van der Waals surface area contributed by atoms with Gasteiger partial charge in [0.2, 0.25) is 0 Å². The number of hydrogen-bond donors (Lipinski definition) is 1. The van der Waals surface area contributed by atoms with Crippen LogP contribution in [0.25, 0.3) is 0 Å². The SMILES string of the molecule is CC(C)N(CC1CC1)c1ccccc1[C@@H](C)N. The molecule has 0 radical (unpaired) electrons. The van der Waals surface area contributed by atoms with Gasteiger partial charge in [0.05, 0.1) is 0 Å². The van der Waals surface area contributed by atoms with Gasteiger partial charge in [0.15, 0.2) is 0 Å². The molecule has 1 aliphatic rings. The van der Waals surface area contributed by atoms with E-state index < -0.39 is 0 Å². The number of nitrogens with zero attached hydrogens (tertiary/aromatic N) is 1. The zero-order valence-corrected chi connectivity index (χ0v) is 11.2. The van der Waals surface area contributed by atoms with Crippen LogP contribution < -0.4 is 10.6 Å². The maximum Gasteiger partial charge on any atom is 0.0416 e. The summed E-state index contributed by atoms with van der Waals surface area (Å²) in [5, 5.41) is 0. The van der Waals surface area contributed by atoms with E-state index in [2.05, 4.69) is 49.9 Å². The van der Waals surface area contributed by atoms with Crippen LogP contribution in [0.15, 0.2) is 24.3 Å². The first-order chi connectivity index (χ1) is 8.09. The highest BCUT2D eigenvalue weighted by Gasteiger charge is 2.26. The second-order valence-electron chi connectivity index (χ2n) is 5.54. The first-order valence-corrected chi connectivity index (χ1v) is 6.70. The minimum absolute atomic E-state index is 0.103. The highest BCUT2D eigenvalue weighted by atomic mass is 15.2. The van der Waals surface area contributed by atoms with E-state index in [4.69, 9.17) is 5.73 Å². The van der Waals surface area contributed by atoms with Crippen molar-refractivity contribution in [3.8, 4) is 0 Å². The Balaban J connectivity index is 2.27. The summed E-state index contributed by atoms with van der Waals surface area (Å²) in [6, 6.07) is 9.20. The van der Waals surface area contributed by atoms with Crippen LogP contribution >= 0.6 is 0 Å². The van der Waals surface area contributed by atoms with Crippen LogP contribution in [-0.2, 0) is 0 Å². The van der Waals surface area contributed by atoms with E-state index in [0.29, 0.717) is 6.04 Å². The number of rotatable bonds is 5. The fourth-order valence-electron chi connectivity index (χ4n) is 2.30. The molecule has 1 aromatic rings. The molecule has 0 aromatic heterocycles. The second kappa shape index (κ2) is 5.09. The highest BCUT2D eigenvalue weighted by molar-refractivity contribution is 5.55. The Kier molecular flexibility index (Phi) is 3.72. The molecule has 0 saturated heterocycles. The van der Waals surface area contributed by atoms with Crippen LogP contribution in [0.5, 0.6) is 0 Å². The van der Waals surface area contributed by atoms with E-state index in [1.165, 1.54) is 30.6 Å². The van der Waals surface area contributed by atoms with Crippen molar-refractivity contribution < 1.29 is 0 Å². The molecule has 1 aromatic carbocycles. The van der Waals surface area contributed by atoms with Crippen molar-refractivity contribution in [2.45, 2.75) is 45.7 Å². The Bertz CT molecular complexity index is 367. The summed E-state index contributed by atoms with van der Waals surface area (Å²) in [5.41, 5.74) is 8.66. The van der Waals surface area contributed by atoms with Crippen LogP contribution in [0.2, 0.25) is 0 Å². The van der Waals surface area contributed by atoms with Gasteiger partial charge in [0.25, 0.3) is 0 Å². The van der Waals surface area contributed by atoms with E-state index in [0.717, 1.165) is 5.92 Å². The lowest BCUT2D eigenvalue weighted by atomic mass is 10.0. The molecule has 17 heavy (non-hydrogen) atoms. The van der Waals surface area contributed by atoms with Gasteiger partial charge in [0.1, 0.15) is 0 Å². The van der Waals surface area contributed by atoms with Gasteiger partial charge in [-0.05, 0) is 51.2 Å². The van der Waals surface area contributed by atoms with Gasteiger partial charge in [0, 0.05) is 24.3 Å². The molecule has 0 heterocycles. The van der Waals surface area contributed by atoms with Gasteiger partial charge in [-0.3, -0.25) is 0 Å². The minimum atomic E-state index is 0.103. The molecule has 2 nitrogen and oxygen atoms in total. The molecule has 0 aliphatic heterocycles. The van der Waals surface area contributed by atoms with E-state index >= 15 is 0 Å². The first kappa shape index (κ1) is 12.4. The van der Waals surface area contributed by atoms with Crippen LogP contribution in [0.4, 0.5) is 5.69 Å². The second-order valence-corrected chi connectivity index (χ2v) is 5.54. The lowest BCUT2D eigenvalue weighted by Gasteiger charge is -2.32. The summed E-state index contributed by atoms with van der Waals surface area (Å²) in [5.74, 6) is 0.901. The summed E-state index contributed by atoms with van der Waals surface area (Å²) < 4.78 is 0. The number of hydrogen-bond acceptors (Lipinski definition) is 2. The number of anilines is 1. The quantitative estimate of drug-likeness (QED) is 0.843. The zero-order chi connectivity index (χ0) is 12.4. The van der Waals surface area contributed by atoms with Gasteiger partial charge in [-0.1, -0.05) is 18.2 Å². The predicted octanol–water partition coefficient (Wildman–Crippen LogP) is 3.33. The Morgan fingerprint density at radius 1 is 1.24 bits per heavy atom. The fraction of sp³-hybridized carbons (Fsp3) is 0.600. The molecule has 0 amide bonds. The molecule has 0 unspecified atom stereocenters. The van der Waals surface area contributed by atoms with Gasteiger partial charge in [-0.2, -0.15) is 0 Å². The van der Waals surface area contributed by atoms with Crippen molar-refractivity contribution >= 4 is 5.69 Å². The molecule has 1 aliphatic carbocycles. The van der Waals surface area contributed by atoms with E-state index in [1.807, 2.05) is 0 Å². The Hall–Kier alpha value is -1.02. The summed E-state index contributed by atoms with van der Waals surface area (Å²) in [6.07, 6.45) is 2.78. The topological polar surface area (TPSA) is 29.3 Å². The molecular formula is C15H24N2. The number of nitrogens with two attached hydrogens (primary N) is 1. The van der Waals surface area contributed by atoms with Crippen LogP contribution in [-0.4, -0.2) is 12.6 Å². The summed E-state index contributed by atoms with van der Waals surface area (Å²) in [4.78, 5) is 2.51. The third-order valence-electron chi connectivity index (χ3n) is 3.51. The van der Waals surface area contributed by atoms with Crippen molar-refractivity contribution in [3.63, 3.8) is 0 Å². The van der Waals surface area contributed by atoms with Crippen molar-refractivity contribution in [1.29, 1.82) is 0 Å². The van der Waals surface area contributed by atoms with Crippen molar-refractivity contribution in [2.24, 2.45) is 11.7 Å². The minimum Gasteiger partial charge on any atom is -0.369 e. The van der Waals surface area contributed by atoms with Crippen molar-refractivity contribution in [1.82, 2.24) is 0 Å². The predicted molar refractivity (Wildman–Crippen MR) is 74.3 cm³/mol. The molecule has 2 rings (SSSR count). The normalized spacial score (nSPS) is 17.2. The lowest BCUT2D eigenvalue weighted by Crippen LogP contribution is -2.34. The molecule has 2 heteroatoms. The van der Waals surface area contributed by atoms with Gasteiger partial charge >= 0.3 is 0 Å². The third kappa shape index (κ3) is 3.01. The van der Waals surface area contributed by atoms with Crippen LogP contribution in [0, 0.1) is 5.92 Å². The largest absolute Gasteiger partial charge is 0.369 e. The molecule has 2 N–H and O–H groups in total. The summed E-state index contributed by atoms with van der Waals surface area (Å²) >= 11 is 0. The summed E-state index contributed by atoms with van der Waals surface area (Å²) in [6.45, 7) is 7.77. The van der Waals surface area contributed by atoms with E-state index in [1.54, 1.807) is 0 Å². The van der Waals surface area contributed by atoms with Gasteiger partial charge in [-0.25, -0.2) is 0 Å². The monoisotopic (exact) mass is 232 g/mol. The van der Waals surface area contributed by atoms with E-state index in [-0.39, 0.29) is 6.04 Å². The average Bonchev–Trinajstić information content (AvgIpc) is 3.09. The summed E-state index contributed by atoms with van der Waals surface area (Å²) in [7, 11) is 0. The smallest absolute Gasteiger partial charge is 0.0416 e. The van der Waals surface area contributed by atoms with Crippen molar-refractivity contribution in [2.75, 3.05) is 11.4 Å². The third-order valence-corrected chi connectivity index (χ3v) is 3.51. The Morgan fingerprint density at radius 3 is 2.41 bits per heavy atom. The average molecular weight is 232 g/mol. The van der Waals surface area contributed by atoms with Gasteiger partial charge < -0.3 is 10.6 Å². The maximum atomic E-state index is 6.07. The standard InChI is InChI=1S/C15H24N2/c1-11(2)17(10-13-8-9-13)15-7-5-4-6-14(15)12(3)16/h4-7,11-13H,8-10,16H2,1-3H3/t12-/m1/s1. The molecule has 94 valence electrons. The molecular weight excluding hydrogens is 208 g/mol. The maximum absolute atomic E-state index is 6.07.